The monoisotopic (exact) mass is 398 g/mol. The summed E-state index contributed by atoms with van der Waals surface area (Å²) >= 11 is 0. The zero-order chi connectivity index (χ0) is 20.6. The predicted molar refractivity (Wildman–Crippen MR) is 118 cm³/mol. The van der Waals surface area contributed by atoms with Crippen LogP contribution in [0.4, 0.5) is 5.69 Å². The summed E-state index contributed by atoms with van der Waals surface area (Å²) in [5.74, 6) is 2.54. The van der Waals surface area contributed by atoms with Crippen molar-refractivity contribution in [2.75, 3.05) is 31.1 Å². The molecule has 1 fully saturated rings. The van der Waals surface area contributed by atoms with Gasteiger partial charge in [-0.05, 0) is 38.8 Å². The topological polar surface area (TPSA) is 78.6 Å². The van der Waals surface area contributed by atoms with Crippen LogP contribution in [0.15, 0.2) is 33.8 Å². The minimum Gasteiger partial charge on any atom is -0.369 e. The number of rotatable bonds is 7. The maximum atomic E-state index is 5.31. The van der Waals surface area contributed by atoms with Crippen LogP contribution in [0, 0.1) is 6.92 Å². The highest BCUT2D eigenvalue weighted by Gasteiger charge is 2.21. The van der Waals surface area contributed by atoms with Gasteiger partial charge in [-0.15, -0.1) is 0 Å². The van der Waals surface area contributed by atoms with Gasteiger partial charge in [0.2, 0.25) is 5.89 Å². The Morgan fingerprint density at radius 2 is 2.10 bits per heavy atom. The molecule has 7 nitrogen and oxygen atoms in total. The molecule has 158 valence electrons. The highest BCUT2D eigenvalue weighted by molar-refractivity contribution is 5.80. The van der Waals surface area contributed by atoms with Gasteiger partial charge in [0.1, 0.15) is 0 Å². The highest BCUT2D eigenvalue weighted by Crippen LogP contribution is 2.20. The number of hydrogen-bond acceptors (Lipinski definition) is 5. The first kappa shape index (κ1) is 21.1. The second-order valence-electron chi connectivity index (χ2n) is 7.98. The van der Waals surface area contributed by atoms with E-state index in [0.717, 1.165) is 37.8 Å². The Kier molecular flexibility index (Phi) is 7.49. The van der Waals surface area contributed by atoms with Crippen LogP contribution in [-0.4, -0.2) is 48.3 Å². The molecule has 1 aliphatic heterocycles. The van der Waals surface area contributed by atoms with Gasteiger partial charge in [-0.25, -0.2) is 0 Å². The number of benzene rings is 1. The fourth-order valence-corrected chi connectivity index (χ4v) is 3.47. The van der Waals surface area contributed by atoms with Gasteiger partial charge in [0.05, 0.1) is 6.54 Å². The maximum absolute atomic E-state index is 5.31. The zero-order valence-electron chi connectivity index (χ0n) is 18.1. The number of piperidine rings is 1. The first-order chi connectivity index (χ1) is 14.0. The Labute approximate surface area is 174 Å². The molecule has 0 bridgehead atoms. The van der Waals surface area contributed by atoms with Crippen molar-refractivity contribution in [2.24, 2.45) is 4.99 Å². The summed E-state index contributed by atoms with van der Waals surface area (Å²) < 4.78 is 5.31. The van der Waals surface area contributed by atoms with Gasteiger partial charge in [-0.3, -0.25) is 4.99 Å². The van der Waals surface area contributed by atoms with E-state index in [-0.39, 0.29) is 5.92 Å². The van der Waals surface area contributed by atoms with E-state index in [1.807, 2.05) is 0 Å². The summed E-state index contributed by atoms with van der Waals surface area (Å²) in [6.45, 7) is 11.9. The molecule has 3 rings (SSSR count). The lowest BCUT2D eigenvalue weighted by atomic mass is 10.0. The smallest absolute Gasteiger partial charge is 0.228 e. The van der Waals surface area contributed by atoms with E-state index in [4.69, 9.17) is 9.52 Å². The number of aryl methyl sites for hydroxylation is 1. The first-order valence-corrected chi connectivity index (χ1v) is 10.7. The molecule has 2 aromatic rings. The van der Waals surface area contributed by atoms with Gasteiger partial charge in [0.15, 0.2) is 11.8 Å². The second-order valence-corrected chi connectivity index (χ2v) is 7.98. The SMILES string of the molecule is CCNC(=NCCc1nc(C(C)C)no1)NC1CCCN(c2ccc(C)cc2)C1. The minimum absolute atomic E-state index is 0.276. The highest BCUT2D eigenvalue weighted by atomic mass is 16.5. The van der Waals surface area contributed by atoms with Crippen LogP contribution in [0.5, 0.6) is 0 Å². The second kappa shape index (κ2) is 10.3. The van der Waals surface area contributed by atoms with Crippen LogP contribution in [-0.2, 0) is 6.42 Å². The predicted octanol–water partition coefficient (Wildman–Crippen LogP) is 3.27. The molecule has 7 heteroatoms. The van der Waals surface area contributed by atoms with Gasteiger partial charge >= 0.3 is 0 Å². The summed E-state index contributed by atoms with van der Waals surface area (Å²) in [5.41, 5.74) is 2.59. The molecule has 0 radical (unpaired) electrons. The average Bonchev–Trinajstić information content (AvgIpc) is 3.18. The molecule has 1 aliphatic rings. The molecular formula is C22H34N6O. The van der Waals surface area contributed by atoms with Crippen molar-refractivity contribution in [3.63, 3.8) is 0 Å². The van der Waals surface area contributed by atoms with E-state index in [9.17, 15) is 0 Å². The molecule has 1 unspecified atom stereocenters. The van der Waals surface area contributed by atoms with Crippen molar-refractivity contribution in [2.45, 2.75) is 58.9 Å². The van der Waals surface area contributed by atoms with E-state index < -0.39 is 0 Å². The average molecular weight is 399 g/mol. The van der Waals surface area contributed by atoms with E-state index in [0.29, 0.717) is 24.9 Å². The Balaban J connectivity index is 1.55. The number of guanidine groups is 1. The Morgan fingerprint density at radius 1 is 1.31 bits per heavy atom. The van der Waals surface area contributed by atoms with E-state index in [1.165, 1.54) is 17.7 Å². The fraction of sp³-hybridized carbons (Fsp3) is 0.591. The lowest BCUT2D eigenvalue weighted by Crippen LogP contribution is -2.51. The molecule has 1 saturated heterocycles. The zero-order valence-corrected chi connectivity index (χ0v) is 18.1. The quantitative estimate of drug-likeness (QED) is 0.551. The molecule has 0 saturated carbocycles. The molecule has 1 aromatic carbocycles. The molecular weight excluding hydrogens is 364 g/mol. The van der Waals surface area contributed by atoms with Crippen molar-refractivity contribution in [1.29, 1.82) is 0 Å². The van der Waals surface area contributed by atoms with Crippen molar-refractivity contribution < 1.29 is 4.52 Å². The van der Waals surface area contributed by atoms with Crippen molar-refractivity contribution in [1.82, 2.24) is 20.8 Å². The number of aromatic nitrogens is 2. The molecule has 0 spiro atoms. The van der Waals surface area contributed by atoms with E-state index in [2.05, 4.69) is 77.6 Å². The molecule has 2 heterocycles. The maximum Gasteiger partial charge on any atom is 0.228 e. The minimum atomic E-state index is 0.276. The van der Waals surface area contributed by atoms with Crippen molar-refractivity contribution in [3.8, 4) is 0 Å². The summed E-state index contributed by atoms with van der Waals surface area (Å²) in [7, 11) is 0. The number of hydrogen-bond donors (Lipinski definition) is 2. The van der Waals surface area contributed by atoms with Gasteiger partial charge in [-0.1, -0.05) is 36.7 Å². The van der Waals surface area contributed by atoms with Crippen LogP contribution < -0.4 is 15.5 Å². The molecule has 29 heavy (non-hydrogen) atoms. The van der Waals surface area contributed by atoms with Crippen molar-refractivity contribution >= 4 is 11.6 Å². The third-order valence-electron chi connectivity index (χ3n) is 5.10. The summed E-state index contributed by atoms with van der Waals surface area (Å²) in [6, 6.07) is 9.17. The van der Waals surface area contributed by atoms with Gasteiger partial charge in [-0.2, -0.15) is 4.98 Å². The Hall–Kier alpha value is -2.57. The number of anilines is 1. The third kappa shape index (κ3) is 6.21. The van der Waals surface area contributed by atoms with E-state index >= 15 is 0 Å². The molecule has 0 amide bonds. The Bertz CT molecular complexity index is 783. The molecule has 0 aliphatic carbocycles. The van der Waals surface area contributed by atoms with Gasteiger partial charge < -0.3 is 20.1 Å². The first-order valence-electron chi connectivity index (χ1n) is 10.7. The van der Waals surface area contributed by atoms with Crippen molar-refractivity contribution in [3.05, 3.63) is 41.5 Å². The molecule has 2 N–H and O–H groups in total. The van der Waals surface area contributed by atoms with Gasteiger partial charge in [0.25, 0.3) is 0 Å². The number of nitrogens with one attached hydrogen (secondary N) is 2. The summed E-state index contributed by atoms with van der Waals surface area (Å²) in [5, 5.41) is 11.0. The number of aliphatic imine (C=N–C) groups is 1. The molecule has 1 atom stereocenters. The lowest BCUT2D eigenvalue weighted by Gasteiger charge is -2.35. The van der Waals surface area contributed by atoms with Crippen LogP contribution >= 0.6 is 0 Å². The van der Waals surface area contributed by atoms with Crippen LogP contribution in [0.3, 0.4) is 0 Å². The van der Waals surface area contributed by atoms with Crippen LogP contribution in [0.1, 0.15) is 56.8 Å². The normalized spacial score (nSPS) is 17.6. The third-order valence-corrected chi connectivity index (χ3v) is 5.10. The fourth-order valence-electron chi connectivity index (χ4n) is 3.47. The van der Waals surface area contributed by atoms with Crippen LogP contribution in [0.25, 0.3) is 0 Å². The summed E-state index contributed by atoms with van der Waals surface area (Å²) in [6.07, 6.45) is 2.97. The largest absolute Gasteiger partial charge is 0.369 e. The van der Waals surface area contributed by atoms with Crippen LogP contribution in [0.2, 0.25) is 0 Å². The number of nitrogens with zero attached hydrogens (tertiary/aromatic N) is 4. The summed E-state index contributed by atoms with van der Waals surface area (Å²) in [4.78, 5) is 11.6. The van der Waals surface area contributed by atoms with Gasteiger partial charge in [0, 0.05) is 43.7 Å². The standard InChI is InChI=1S/C22H34N6O/c1-5-23-22(24-13-12-20-26-21(16(2)3)27-29-20)25-18-7-6-14-28(15-18)19-10-8-17(4)9-11-19/h8-11,16,18H,5-7,12-15H2,1-4H3,(H2,23,24,25). The van der Waals surface area contributed by atoms with E-state index in [1.54, 1.807) is 0 Å². The Morgan fingerprint density at radius 3 is 2.79 bits per heavy atom. The lowest BCUT2D eigenvalue weighted by molar-refractivity contribution is 0.372. The molecule has 1 aromatic heterocycles.